The van der Waals surface area contributed by atoms with Crippen LogP contribution in [0.1, 0.15) is 0 Å². The highest BCUT2D eigenvalue weighted by Gasteiger charge is 2.22. The van der Waals surface area contributed by atoms with Gasteiger partial charge in [-0.15, -0.1) is 16.4 Å². The van der Waals surface area contributed by atoms with Crippen LogP contribution < -0.4 is 5.43 Å². The predicted molar refractivity (Wildman–Crippen MR) is 113 cm³/mol. The van der Waals surface area contributed by atoms with Gasteiger partial charge in [0.05, 0.1) is 16.9 Å². The van der Waals surface area contributed by atoms with Gasteiger partial charge < -0.3 is 0 Å². The lowest BCUT2D eigenvalue weighted by Gasteiger charge is -2.18. The summed E-state index contributed by atoms with van der Waals surface area (Å²) in [6.45, 7) is 0. The van der Waals surface area contributed by atoms with Crippen molar-refractivity contribution in [2.24, 2.45) is 0 Å². The molecule has 0 unspecified atom stereocenters. The van der Waals surface area contributed by atoms with Gasteiger partial charge in [0, 0.05) is 10.4 Å². The minimum absolute atomic E-state index is 0.0318. The average Bonchev–Trinajstić information content (AvgIpc) is 3.28. The number of benzene rings is 3. The topological polar surface area (TPSA) is 47.8 Å². The number of thiophene rings is 1. The Morgan fingerprint density at radius 3 is 2.25 bits per heavy atom. The van der Waals surface area contributed by atoms with E-state index in [1.54, 1.807) is 23.5 Å². The minimum Gasteiger partial charge on any atom is -0.289 e. The van der Waals surface area contributed by atoms with Crippen LogP contribution in [0.25, 0.3) is 38.9 Å². The van der Waals surface area contributed by atoms with Gasteiger partial charge in [-0.2, -0.15) is 0 Å². The molecule has 0 saturated heterocycles. The summed E-state index contributed by atoms with van der Waals surface area (Å²) in [6, 6.07) is 27.0. The fourth-order valence-corrected chi connectivity index (χ4v) is 4.05. The second kappa shape index (κ2) is 6.87. The lowest BCUT2D eigenvalue weighted by molar-refractivity contribution is 0.829. The van der Waals surface area contributed by atoms with E-state index < -0.39 is 0 Å². The molecule has 0 radical (unpaired) electrons. The van der Waals surface area contributed by atoms with Crippen molar-refractivity contribution in [1.82, 2.24) is 14.8 Å². The van der Waals surface area contributed by atoms with E-state index in [4.69, 9.17) is 10.1 Å². The summed E-state index contributed by atoms with van der Waals surface area (Å²) >= 11 is 1.54. The smallest absolute Gasteiger partial charge is 0.189 e. The fourth-order valence-electron chi connectivity index (χ4n) is 3.27. The maximum atomic E-state index is 12.8. The summed E-state index contributed by atoms with van der Waals surface area (Å²) < 4.78 is 1.83. The van der Waals surface area contributed by atoms with Crippen molar-refractivity contribution < 1.29 is 0 Å². The molecule has 3 aromatic rings. The van der Waals surface area contributed by atoms with Crippen LogP contribution in [0.3, 0.4) is 0 Å². The summed E-state index contributed by atoms with van der Waals surface area (Å²) in [5, 5.41) is 6.80. The van der Waals surface area contributed by atoms with Gasteiger partial charge in [0.2, 0.25) is 0 Å². The van der Waals surface area contributed by atoms with Crippen molar-refractivity contribution in [3.8, 4) is 38.9 Å². The van der Waals surface area contributed by atoms with Crippen molar-refractivity contribution in [2.75, 3.05) is 0 Å². The maximum absolute atomic E-state index is 12.8. The number of para-hydroxylation sites is 1. The Kier molecular flexibility index (Phi) is 4.07. The molecule has 4 nitrogen and oxygen atoms in total. The van der Waals surface area contributed by atoms with Gasteiger partial charge in [0.15, 0.2) is 11.3 Å². The first-order valence-electron chi connectivity index (χ1n) is 8.90. The Morgan fingerprint density at radius 1 is 0.786 bits per heavy atom. The van der Waals surface area contributed by atoms with Crippen LogP contribution in [0.15, 0.2) is 95.1 Å². The van der Waals surface area contributed by atoms with Crippen molar-refractivity contribution in [3.63, 3.8) is 0 Å². The van der Waals surface area contributed by atoms with Gasteiger partial charge in [-0.3, -0.25) is 4.79 Å². The molecule has 0 saturated carbocycles. The van der Waals surface area contributed by atoms with E-state index in [1.165, 1.54) is 0 Å². The highest BCUT2D eigenvalue weighted by Crippen LogP contribution is 2.34. The van der Waals surface area contributed by atoms with Crippen LogP contribution in [-0.4, -0.2) is 14.8 Å². The largest absolute Gasteiger partial charge is 0.289 e. The molecule has 0 spiro atoms. The first-order chi connectivity index (χ1) is 13.8. The van der Waals surface area contributed by atoms with Crippen molar-refractivity contribution >= 4 is 11.3 Å². The zero-order valence-corrected chi connectivity index (χ0v) is 15.6. The molecular formula is C23H15N3OS. The third-order valence-corrected chi connectivity index (χ3v) is 5.44. The van der Waals surface area contributed by atoms with Crippen molar-refractivity contribution in [2.45, 2.75) is 0 Å². The van der Waals surface area contributed by atoms with Gasteiger partial charge in [-0.1, -0.05) is 54.6 Å². The van der Waals surface area contributed by atoms with E-state index in [2.05, 4.69) is 0 Å². The molecule has 0 atom stereocenters. The lowest BCUT2D eigenvalue weighted by Crippen LogP contribution is -2.16. The third kappa shape index (κ3) is 2.82. The molecule has 0 bridgehead atoms. The number of hydrogen-bond acceptors (Lipinski definition) is 4. The number of fused-ring (bicyclic) bond motifs is 1. The normalized spacial score (nSPS) is 11.0. The van der Waals surface area contributed by atoms with Crippen LogP contribution in [0.5, 0.6) is 0 Å². The zero-order valence-electron chi connectivity index (χ0n) is 14.8. The molecule has 2 aromatic carbocycles. The van der Waals surface area contributed by atoms with E-state index in [1.807, 2.05) is 82.9 Å². The number of nitrogens with zero attached hydrogens (tertiary/aromatic N) is 3. The first kappa shape index (κ1) is 16.6. The zero-order chi connectivity index (χ0) is 18.9. The molecule has 1 aliphatic carbocycles. The monoisotopic (exact) mass is 381 g/mol. The van der Waals surface area contributed by atoms with Gasteiger partial charge in [0.25, 0.3) is 0 Å². The molecular weight excluding hydrogens is 366 g/mol. The van der Waals surface area contributed by atoms with E-state index in [-0.39, 0.29) is 5.43 Å². The van der Waals surface area contributed by atoms with Crippen molar-refractivity contribution in [3.05, 3.63) is 101 Å². The Balaban J connectivity index is 1.89. The second-order valence-corrected chi connectivity index (χ2v) is 7.28. The Labute approximate surface area is 165 Å². The van der Waals surface area contributed by atoms with E-state index in [0.717, 1.165) is 27.5 Å². The van der Waals surface area contributed by atoms with Gasteiger partial charge in [-0.05, 0) is 35.7 Å². The molecule has 0 amide bonds. The predicted octanol–water partition coefficient (Wildman–Crippen LogP) is 5.13. The molecule has 1 aromatic heterocycles. The first-order valence-corrected chi connectivity index (χ1v) is 9.78. The Hall–Kier alpha value is -3.57. The van der Waals surface area contributed by atoms with Crippen LogP contribution in [0.4, 0.5) is 0 Å². The fraction of sp³-hybridized carbons (Fsp3) is 0. The molecule has 1 aliphatic heterocycles. The van der Waals surface area contributed by atoms with E-state index in [9.17, 15) is 4.79 Å². The molecule has 5 rings (SSSR count). The molecule has 5 heteroatoms. The van der Waals surface area contributed by atoms with Crippen molar-refractivity contribution in [1.29, 1.82) is 0 Å². The Bertz CT molecular complexity index is 1260. The highest BCUT2D eigenvalue weighted by atomic mass is 32.1. The summed E-state index contributed by atoms with van der Waals surface area (Å²) in [5.41, 5.74) is 3.88. The van der Waals surface area contributed by atoms with Crippen LogP contribution in [0.2, 0.25) is 0 Å². The molecule has 0 N–H and O–H groups in total. The maximum Gasteiger partial charge on any atom is 0.189 e. The van der Waals surface area contributed by atoms with E-state index in [0.29, 0.717) is 11.4 Å². The molecule has 134 valence electrons. The third-order valence-electron chi connectivity index (χ3n) is 4.55. The van der Waals surface area contributed by atoms with Crippen LogP contribution >= 0.6 is 11.3 Å². The number of aromatic nitrogens is 3. The number of rotatable bonds is 3. The molecule has 0 fully saturated rings. The number of hydrogen-bond donors (Lipinski definition) is 0. The van der Waals surface area contributed by atoms with Crippen LogP contribution in [-0.2, 0) is 0 Å². The Morgan fingerprint density at radius 2 is 1.54 bits per heavy atom. The van der Waals surface area contributed by atoms with Crippen LogP contribution in [0, 0.1) is 0 Å². The molecule has 2 aliphatic rings. The summed E-state index contributed by atoms with van der Waals surface area (Å²) in [7, 11) is 0. The minimum atomic E-state index is -0.0318. The molecule has 2 heterocycles. The molecule has 28 heavy (non-hydrogen) atoms. The van der Waals surface area contributed by atoms with E-state index >= 15 is 0 Å². The summed E-state index contributed by atoms with van der Waals surface area (Å²) in [6.07, 6.45) is 0. The van der Waals surface area contributed by atoms with Gasteiger partial charge >= 0.3 is 0 Å². The average molecular weight is 381 g/mol. The summed E-state index contributed by atoms with van der Waals surface area (Å²) in [5.74, 6) is 0.618. The SMILES string of the molecule is O=c1ccc2nc(-c3ccccc3)nn(-c3ccccc3)c-2c1-c1cccs1. The second-order valence-electron chi connectivity index (χ2n) is 6.33. The summed E-state index contributed by atoms with van der Waals surface area (Å²) in [4.78, 5) is 18.5. The van der Waals surface area contributed by atoms with Gasteiger partial charge in [-0.25, -0.2) is 9.67 Å². The van der Waals surface area contributed by atoms with Gasteiger partial charge in [0.1, 0.15) is 5.69 Å². The lowest BCUT2D eigenvalue weighted by atomic mass is 10.1. The standard InChI is InChI=1S/C23H15N3OS/c27-19-14-13-18-22(21(19)20-12-7-15-28-20)26(17-10-5-2-6-11-17)25-23(24-18)16-8-3-1-4-9-16/h1-15H. The highest BCUT2D eigenvalue weighted by molar-refractivity contribution is 7.13. The quantitative estimate of drug-likeness (QED) is 0.435.